The van der Waals surface area contributed by atoms with Crippen molar-refractivity contribution in [1.29, 1.82) is 0 Å². The number of halogens is 3. The summed E-state index contributed by atoms with van der Waals surface area (Å²) < 4.78 is 39.8. The molecule has 2 aromatic rings. The first-order valence-electron chi connectivity index (χ1n) is 5.84. The SMILES string of the molecule is O=[N+]([O-])c1ccc(-n2ccc(CCO)n2)cc1C(F)(F)F. The molecule has 0 bridgehead atoms. The van der Waals surface area contributed by atoms with Crippen LogP contribution in [0, 0.1) is 10.1 Å². The van der Waals surface area contributed by atoms with Crippen LogP contribution in [0.3, 0.4) is 0 Å². The van der Waals surface area contributed by atoms with E-state index in [2.05, 4.69) is 5.10 Å². The van der Waals surface area contributed by atoms with Gasteiger partial charge in [0.15, 0.2) is 0 Å². The van der Waals surface area contributed by atoms with Crippen molar-refractivity contribution in [3.05, 3.63) is 51.8 Å². The molecule has 0 aliphatic rings. The molecule has 1 heterocycles. The number of hydrogen-bond donors (Lipinski definition) is 1. The Bertz CT molecular complexity index is 667. The normalized spacial score (nSPS) is 11.6. The molecule has 0 fully saturated rings. The zero-order valence-electron chi connectivity index (χ0n) is 10.5. The fraction of sp³-hybridized carbons (Fsp3) is 0.250. The first-order chi connectivity index (χ1) is 9.82. The van der Waals surface area contributed by atoms with E-state index in [1.165, 1.54) is 16.9 Å². The Morgan fingerprint density at radius 1 is 1.33 bits per heavy atom. The average Bonchev–Trinajstić information content (AvgIpc) is 2.86. The van der Waals surface area contributed by atoms with Gasteiger partial charge in [-0.1, -0.05) is 0 Å². The van der Waals surface area contributed by atoms with Crippen LogP contribution in [-0.4, -0.2) is 26.4 Å². The molecule has 2 rings (SSSR count). The predicted molar refractivity (Wildman–Crippen MR) is 66.0 cm³/mol. The van der Waals surface area contributed by atoms with Gasteiger partial charge in [-0.3, -0.25) is 10.1 Å². The number of aromatic nitrogens is 2. The number of benzene rings is 1. The maximum atomic E-state index is 12.9. The van der Waals surface area contributed by atoms with Crippen molar-refractivity contribution < 1.29 is 23.2 Å². The second-order valence-electron chi connectivity index (χ2n) is 4.18. The number of nitrogens with zero attached hydrogens (tertiary/aromatic N) is 3. The van der Waals surface area contributed by atoms with Crippen molar-refractivity contribution in [2.45, 2.75) is 12.6 Å². The monoisotopic (exact) mass is 301 g/mol. The highest BCUT2D eigenvalue weighted by atomic mass is 19.4. The summed E-state index contributed by atoms with van der Waals surface area (Å²) in [5, 5.41) is 23.4. The third-order valence-corrected chi connectivity index (χ3v) is 2.76. The van der Waals surface area contributed by atoms with Crippen molar-refractivity contribution in [3.8, 4) is 5.69 Å². The highest BCUT2D eigenvalue weighted by Crippen LogP contribution is 2.37. The molecule has 0 saturated carbocycles. The highest BCUT2D eigenvalue weighted by molar-refractivity contribution is 5.49. The smallest absolute Gasteiger partial charge is 0.396 e. The second-order valence-corrected chi connectivity index (χ2v) is 4.18. The molecular formula is C12H10F3N3O3. The highest BCUT2D eigenvalue weighted by Gasteiger charge is 2.38. The fourth-order valence-electron chi connectivity index (χ4n) is 1.81. The number of rotatable bonds is 4. The Morgan fingerprint density at radius 2 is 2.05 bits per heavy atom. The zero-order valence-corrected chi connectivity index (χ0v) is 10.5. The van der Waals surface area contributed by atoms with Gasteiger partial charge in [-0.05, 0) is 18.2 Å². The summed E-state index contributed by atoms with van der Waals surface area (Å²) in [6.45, 7) is -0.134. The van der Waals surface area contributed by atoms with Crippen LogP contribution < -0.4 is 0 Å². The standard InChI is InChI=1S/C12H10F3N3O3/c13-12(14,15)10-7-9(1-2-11(10)18(20)21)17-5-3-8(16-17)4-6-19/h1-3,5,7,19H,4,6H2. The van der Waals surface area contributed by atoms with Crippen LogP contribution in [0.15, 0.2) is 30.5 Å². The molecule has 0 aliphatic heterocycles. The predicted octanol–water partition coefficient (Wildman–Crippen LogP) is 2.33. The van der Waals surface area contributed by atoms with Crippen LogP contribution in [-0.2, 0) is 12.6 Å². The van der Waals surface area contributed by atoms with Crippen LogP contribution in [0.25, 0.3) is 5.69 Å². The number of alkyl halides is 3. The van der Waals surface area contributed by atoms with E-state index in [1.54, 1.807) is 6.07 Å². The Hall–Kier alpha value is -2.42. The maximum absolute atomic E-state index is 12.9. The molecule has 0 radical (unpaired) electrons. The van der Waals surface area contributed by atoms with E-state index in [9.17, 15) is 23.3 Å². The Labute approximate surface area is 116 Å². The zero-order chi connectivity index (χ0) is 15.6. The molecule has 0 aliphatic carbocycles. The van der Waals surface area contributed by atoms with E-state index >= 15 is 0 Å². The second kappa shape index (κ2) is 5.52. The van der Waals surface area contributed by atoms with Crippen molar-refractivity contribution in [1.82, 2.24) is 9.78 Å². The summed E-state index contributed by atoms with van der Waals surface area (Å²) in [5.41, 5.74) is -1.78. The number of nitro groups is 1. The van der Waals surface area contributed by atoms with Crippen molar-refractivity contribution >= 4 is 5.69 Å². The molecule has 1 aromatic carbocycles. The van der Waals surface area contributed by atoms with Crippen LogP contribution in [0.4, 0.5) is 18.9 Å². The van der Waals surface area contributed by atoms with Crippen molar-refractivity contribution in [2.24, 2.45) is 0 Å². The average molecular weight is 301 g/mol. The largest absolute Gasteiger partial charge is 0.423 e. The molecule has 21 heavy (non-hydrogen) atoms. The molecule has 0 unspecified atom stereocenters. The number of hydrogen-bond acceptors (Lipinski definition) is 4. The topological polar surface area (TPSA) is 81.2 Å². The summed E-state index contributed by atoms with van der Waals surface area (Å²) >= 11 is 0. The van der Waals surface area contributed by atoms with Gasteiger partial charge in [0.05, 0.1) is 16.3 Å². The molecular weight excluding hydrogens is 291 g/mol. The van der Waals surface area contributed by atoms with Gasteiger partial charge in [-0.15, -0.1) is 0 Å². The maximum Gasteiger partial charge on any atom is 0.423 e. The van der Waals surface area contributed by atoms with E-state index < -0.39 is 22.4 Å². The lowest BCUT2D eigenvalue weighted by molar-refractivity contribution is -0.388. The molecule has 0 atom stereocenters. The summed E-state index contributed by atoms with van der Waals surface area (Å²) in [6, 6.07) is 4.20. The quantitative estimate of drug-likeness (QED) is 0.694. The molecule has 0 amide bonds. The van der Waals surface area contributed by atoms with Gasteiger partial charge in [-0.2, -0.15) is 18.3 Å². The third kappa shape index (κ3) is 3.19. The Morgan fingerprint density at radius 3 is 2.62 bits per heavy atom. The number of aliphatic hydroxyl groups excluding tert-OH is 1. The van der Waals surface area contributed by atoms with Crippen LogP contribution >= 0.6 is 0 Å². The van der Waals surface area contributed by atoms with Crippen LogP contribution in [0.5, 0.6) is 0 Å². The Kier molecular flexibility index (Phi) is 3.94. The first-order valence-corrected chi connectivity index (χ1v) is 5.84. The minimum atomic E-state index is -4.83. The van der Waals surface area contributed by atoms with Gasteiger partial charge in [0.25, 0.3) is 5.69 Å². The van der Waals surface area contributed by atoms with Crippen molar-refractivity contribution in [3.63, 3.8) is 0 Å². The molecule has 1 N–H and O–H groups in total. The van der Waals surface area contributed by atoms with Gasteiger partial charge in [0.1, 0.15) is 5.56 Å². The van der Waals surface area contributed by atoms with Crippen LogP contribution in [0.1, 0.15) is 11.3 Å². The molecule has 0 saturated heterocycles. The molecule has 0 spiro atoms. The molecule has 9 heteroatoms. The first kappa shape index (κ1) is 15.0. The number of aliphatic hydroxyl groups is 1. The van der Waals surface area contributed by atoms with E-state index in [-0.39, 0.29) is 18.7 Å². The van der Waals surface area contributed by atoms with Gasteiger partial charge < -0.3 is 5.11 Å². The van der Waals surface area contributed by atoms with E-state index in [0.717, 1.165) is 6.07 Å². The van der Waals surface area contributed by atoms with E-state index in [1.807, 2.05) is 0 Å². The summed E-state index contributed by atoms with van der Waals surface area (Å²) in [7, 11) is 0. The van der Waals surface area contributed by atoms with Gasteiger partial charge in [0.2, 0.25) is 0 Å². The van der Waals surface area contributed by atoms with Gasteiger partial charge in [0, 0.05) is 25.3 Å². The lowest BCUT2D eigenvalue weighted by Crippen LogP contribution is -2.10. The van der Waals surface area contributed by atoms with E-state index in [4.69, 9.17) is 5.11 Å². The minimum absolute atomic E-state index is 0.0529. The molecule has 6 nitrogen and oxygen atoms in total. The summed E-state index contributed by atoms with van der Waals surface area (Å²) in [6.07, 6.45) is -3.14. The van der Waals surface area contributed by atoms with Crippen LogP contribution in [0.2, 0.25) is 0 Å². The molecule has 1 aromatic heterocycles. The fourth-order valence-corrected chi connectivity index (χ4v) is 1.81. The molecule has 112 valence electrons. The Balaban J connectivity index is 2.48. The number of nitro benzene ring substituents is 1. The lowest BCUT2D eigenvalue weighted by Gasteiger charge is -2.09. The minimum Gasteiger partial charge on any atom is -0.396 e. The van der Waals surface area contributed by atoms with Gasteiger partial charge in [-0.25, -0.2) is 4.68 Å². The van der Waals surface area contributed by atoms with E-state index in [0.29, 0.717) is 11.8 Å². The summed E-state index contributed by atoms with van der Waals surface area (Å²) in [4.78, 5) is 9.58. The summed E-state index contributed by atoms with van der Waals surface area (Å²) in [5.74, 6) is 0. The lowest BCUT2D eigenvalue weighted by atomic mass is 10.1. The van der Waals surface area contributed by atoms with Crippen molar-refractivity contribution in [2.75, 3.05) is 6.61 Å². The van der Waals surface area contributed by atoms with Gasteiger partial charge >= 0.3 is 6.18 Å². The third-order valence-electron chi connectivity index (χ3n) is 2.76.